The van der Waals surface area contributed by atoms with E-state index in [2.05, 4.69) is 0 Å². The predicted octanol–water partition coefficient (Wildman–Crippen LogP) is 2.29. The molecule has 0 saturated carbocycles. The topological polar surface area (TPSA) is 68.3 Å². The molecule has 0 radical (unpaired) electrons. The monoisotopic (exact) mass is 456 g/mol. The van der Waals surface area contributed by atoms with E-state index >= 15 is 0 Å². The highest BCUT2D eigenvalue weighted by atomic mass is 19.1. The summed E-state index contributed by atoms with van der Waals surface area (Å²) in [5.41, 5.74) is -0.0551. The average Bonchev–Trinajstić information content (AvgIpc) is 2.85. The fourth-order valence-corrected chi connectivity index (χ4v) is 4.13. The number of carbonyl (C=O) groups excluding carboxylic acids is 2. The molecule has 2 aliphatic rings. The highest BCUT2D eigenvalue weighted by molar-refractivity contribution is 5.80. The number of halogens is 1. The molecule has 2 aliphatic heterocycles. The molecule has 1 atom stereocenters. The van der Waals surface area contributed by atoms with Crippen LogP contribution in [0.25, 0.3) is 0 Å². The summed E-state index contributed by atoms with van der Waals surface area (Å²) in [5, 5.41) is 0. The van der Waals surface area contributed by atoms with Crippen molar-refractivity contribution in [1.82, 2.24) is 9.80 Å². The molecule has 0 bridgehead atoms. The average molecular weight is 457 g/mol. The summed E-state index contributed by atoms with van der Waals surface area (Å²) in [7, 11) is 0. The van der Waals surface area contributed by atoms with E-state index < -0.39 is 5.60 Å². The first kappa shape index (κ1) is 23.2. The van der Waals surface area contributed by atoms with Crippen molar-refractivity contribution in [3.63, 3.8) is 0 Å². The Labute approximate surface area is 193 Å². The molecule has 0 spiro atoms. The molecule has 0 aromatic heterocycles. The lowest BCUT2D eigenvalue weighted by Crippen LogP contribution is -2.59. The van der Waals surface area contributed by atoms with Crippen LogP contribution in [0.15, 0.2) is 54.6 Å². The highest BCUT2D eigenvalue weighted by Gasteiger charge is 2.42. The third-order valence-electron chi connectivity index (χ3n) is 5.95. The Balaban J connectivity index is 1.48. The van der Waals surface area contributed by atoms with E-state index in [0.29, 0.717) is 45.2 Å². The van der Waals surface area contributed by atoms with E-state index in [1.165, 1.54) is 24.3 Å². The van der Waals surface area contributed by atoms with E-state index in [1.54, 1.807) is 9.80 Å². The van der Waals surface area contributed by atoms with Gasteiger partial charge in [0.25, 0.3) is 0 Å². The molecule has 2 heterocycles. The maximum absolute atomic E-state index is 13.3. The standard InChI is InChI=1S/C25H29FN2O5/c26-21-6-8-22(9-7-21)32-19-25(17-24(30)27-10-13-31-14-11-27)18-28(12-15-33-25)23(29)16-20-4-2-1-3-5-20/h1-9H,10-19H2/t25-/m1/s1. The quantitative estimate of drug-likeness (QED) is 0.640. The Hall–Kier alpha value is -2.97. The van der Waals surface area contributed by atoms with Gasteiger partial charge in [0, 0.05) is 19.6 Å². The lowest BCUT2D eigenvalue weighted by atomic mass is 9.96. The number of morpholine rings is 2. The molecule has 0 unspecified atom stereocenters. The van der Waals surface area contributed by atoms with Crippen molar-refractivity contribution in [1.29, 1.82) is 0 Å². The summed E-state index contributed by atoms with van der Waals surface area (Å²) in [6.45, 7) is 3.16. The van der Waals surface area contributed by atoms with Gasteiger partial charge >= 0.3 is 0 Å². The van der Waals surface area contributed by atoms with Gasteiger partial charge in [0.1, 0.15) is 23.8 Å². The van der Waals surface area contributed by atoms with E-state index in [-0.39, 0.29) is 43.6 Å². The minimum Gasteiger partial charge on any atom is -0.490 e. The molecule has 2 amide bonds. The van der Waals surface area contributed by atoms with Gasteiger partial charge in [-0.25, -0.2) is 4.39 Å². The Morgan fingerprint density at radius 1 is 0.909 bits per heavy atom. The van der Waals surface area contributed by atoms with Crippen LogP contribution in [0.5, 0.6) is 5.75 Å². The molecular formula is C25H29FN2O5. The van der Waals surface area contributed by atoms with E-state index in [4.69, 9.17) is 14.2 Å². The van der Waals surface area contributed by atoms with Crippen LogP contribution in [-0.4, -0.2) is 79.8 Å². The zero-order valence-corrected chi connectivity index (χ0v) is 18.6. The molecule has 7 nitrogen and oxygen atoms in total. The lowest BCUT2D eigenvalue weighted by molar-refractivity contribution is -0.167. The summed E-state index contributed by atoms with van der Waals surface area (Å²) in [4.78, 5) is 29.6. The third-order valence-corrected chi connectivity index (χ3v) is 5.95. The molecule has 176 valence electrons. The second kappa shape index (κ2) is 10.8. The number of carbonyl (C=O) groups is 2. The van der Waals surface area contributed by atoms with Crippen molar-refractivity contribution >= 4 is 11.8 Å². The molecule has 2 fully saturated rings. The molecule has 8 heteroatoms. The van der Waals surface area contributed by atoms with Gasteiger partial charge < -0.3 is 24.0 Å². The summed E-state index contributed by atoms with van der Waals surface area (Å²) in [5.74, 6) is 0.0462. The van der Waals surface area contributed by atoms with Gasteiger partial charge in [-0.05, 0) is 29.8 Å². The molecule has 0 aliphatic carbocycles. The molecular weight excluding hydrogens is 427 g/mol. The van der Waals surface area contributed by atoms with Crippen molar-refractivity contribution in [2.75, 3.05) is 52.6 Å². The Bertz CT molecular complexity index is 934. The first-order valence-electron chi connectivity index (χ1n) is 11.2. The zero-order chi connectivity index (χ0) is 23.1. The second-order valence-corrected chi connectivity index (χ2v) is 8.42. The SMILES string of the molecule is O=C(C[C@]1(COc2ccc(F)cc2)CN(C(=O)Cc2ccccc2)CCO1)N1CCOCC1. The summed E-state index contributed by atoms with van der Waals surface area (Å²) >= 11 is 0. The van der Waals surface area contributed by atoms with Crippen molar-refractivity contribution in [3.05, 3.63) is 66.0 Å². The Kier molecular flexibility index (Phi) is 7.57. The Morgan fingerprint density at radius 2 is 1.61 bits per heavy atom. The fourth-order valence-electron chi connectivity index (χ4n) is 4.13. The van der Waals surface area contributed by atoms with E-state index in [0.717, 1.165) is 5.56 Å². The van der Waals surface area contributed by atoms with Gasteiger partial charge in [-0.15, -0.1) is 0 Å². The normalized spacial score (nSPS) is 21.0. The minimum absolute atomic E-state index is 0.0190. The predicted molar refractivity (Wildman–Crippen MR) is 119 cm³/mol. The van der Waals surface area contributed by atoms with Gasteiger partial charge in [0.15, 0.2) is 0 Å². The van der Waals surface area contributed by atoms with Crippen LogP contribution in [0.2, 0.25) is 0 Å². The molecule has 33 heavy (non-hydrogen) atoms. The molecule has 4 rings (SSSR count). The number of nitrogens with zero attached hydrogens (tertiary/aromatic N) is 2. The molecule has 2 aromatic rings. The van der Waals surface area contributed by atoms with Crippen LogP contribution in [0, 0.1) is 5.82 Å². The number of ether oxygens (including phenoxy) is 3. The van der Waals surface area contributed by atoms with E-state index in [1.807, 2.05) is 30.3 Å². The minimum atomic E-state index is -0.992. The third kappa shape index (κ3) is 6.30. The van der Waals surface area contributed by atoms with Crippen LogP contribution >= 0.6 is 0 Å². The van der Waals surface area contributed by atoms with Gasteiger partial charge in [-0.1, -0.05) is 30.3 Å². The van der Waals surface area contributed by atoms with E-state index in [9.17, 15) is 14.0 Å². The number of hydrogen-bond donors (Lipinski definition) is 0. The second-order valence-electron chi connectivity index (χ2n) is 8.42. The summed E-state index contributed by atoms with van der Waals surface area (Å²) in [6.07, 6.45) is 0.371. The number of hydrogen-bond acceptors (Lipinski definition) is 5. The van der Waals surface area contributed by atoms with Gasteiger partial charge in [-0.3, -0.25) is 9.59 Å². The van der Waals surface area contributed by atoms with Crippen LogP contribution in [0.1, 0.15) is 12.0 Å². The molecule has 0 N–H and O–H groups in total. The number of amides is 2. The number of benzene rings is 2. The molecule has 2 saturated heterocycles. The zero-order valence-electron chi connectivity index (χ0n) is 18.6. The lowest BCUT2D eigenvalue weighted by Gasteiger charge is -2.43. The van der Waals surface area contributed by atoms with Gasteiger partial charge in [-0.2, -0.15) is 0 Å². The van der Waals surface area contributed by atoms with Crippen LogP contribution in [0.3, 0.4) is 0 Å². The Morgan fingerprint density at radius 3 is 2.33 bits per heavy atom. The van der Waals surface area contributed by atoms with Crippen LogP contribution in [0.4, 0.5) is 4.39 Å². The number of rotatable bonds is 7. The highest BCUT2D eigenvalue weighted by Crippen LogP contribution is 2.26. The largest absolute Gasteiger partial charge is 0.490 e. The van der Waals surface area contributed by atoms with Crippen molar-refractivity contribution in [2.45, 2.75) is 18.4 Å². The van der Waals surface area contributed by atoms with Gasteiger partial charge in [0.05, 0.1) is 39.2 Å². The fraction of sp³-hybridized carbons (Fsp3) is 0.440. The molecule has 2 aromatic carbocycles. The van der Waals surface area contributed by atoms with Crippen LogP contribution < -0.4 is 4.74 Å². The van der Waals surface area contributed by atoms with Gasteiger partial charge in [0.2, 0.25) is 11.8 Å². The first-order chi connectivity index (χ1) is 16.0. The van der Waals surface area contributed by atoms with Crippen LogP contribution in [-0.2, 0) is 25.5 Å². The first-order valence-corrected chi connectivity index (χ1v) is 11.2. The summed E-state index contributed by atoms with van der Waals surface area (Å²) < 4.78 is 30.7. The van der Waals surface area contributed by atoms with Crippen molar-refractivity contribution < 1.29 is 28.2 Å². The maximum atomic E-state index is 13.3. The summed E-state index contributed by atoms with van der Waals surface area (Å²) in [6, 6.07) is 15.3. The van der Waals surface area contributed by atoms with Crippen molar-refractivity contribution in [2.24, 2.45) is 0 Å². The van der Waals surface area contributed by atoms with Crippen molar-refractivity contribution in [3.8, 4) is 5.75 Å². The smallest absolute Gasteiger partial charge is 0.227 e. The maximum Gasteiger partial charge on any atom is 0.227 e.